The number of hydrogen-bond donors (Lipinski definition) is 1. The molecule has 0 aliphatic heterocycles. The van der Waals surface area contributed by atoms with Crippen LogP contribution in [0, 0.1) is 0 Å². The highest BCUT2D eigenvalue weighted by Gasteiger charge is 2.25. The fraction of sp³-hybridized carbons (Fsp3) is 0.389. The average molecular weight is 359 g/mol. The van der Waals surface area contributed by atoms with Crippen molar-refractivity contribution in [2.75, 3.05) is 5.32 Å². The summed E-state index contributed by atoms with van der Waals surface area (Å²) in [5.74, 6) is -0.476. The fourth-order valence-corrected chi connectivity index (χ4v) is 3.50. The van der Waals surface area contributed by atoms with Gasteiger partial charge >= 0.3 is 0 Å². The lowest BCUT2D eigenvalue weighted by atomic mass is 9.96. The summed E-state index contributed by atoms with van der Waals surface area (Å²) < 4.78 is 30.1. The zero-order valence-electron chi connectivity index (χ0n) is 14.1. The minimum absolute atomic E-state index is 0.0610. The third-order valence-corrected chi connectivity index (χ3v) is 4.83. The number of anilines is 1. The predicted molar refractivity (Wildman–Crippen MR) is 92.5 cm³/mol. The van der Waals surface area contributed by atoms with Gasteiger partial charge in [-0.05, 0) is 25.0 Å². The van der Waals surface area contributed by atoms with Gasteiger partial charge in [0.2, 0.25) is 0 Å². The molecule has 136 valence electrons. The molecule has 3 aromatic heterocycles. The van der Waals surface area contributed by atoms with E-state index >= 15 is 0 Å². The summed E-state index contributed by atoms with van der Waals surface area (Å²) in [6, 6.07) is 3.48. The molecule has 4 rings (SSSR count). The SMILES string of the molecule is O=C(Nc1cn(C2CCCCC2)nc1C(F)F)c1ccn2cccnc12. The molecule has 1 saturated carbocycles. The summed E-state index contributed by atoms with van der Waals surface area (Å²) in [6.45, 7) is 0. The van der Waals surface area contributed by atoms with Crippen molar-refractivity contribution in [2.24, 2.45) is 0 Å². The number of carbonyl (C=O) groups is 1. The van der Waals surface area contributed by atoms with Crippen molar-refractivity contribution in [1.82, 2.24) is 19.2 Å². The van der Waals surface area contributed by atoms with Gasteiger partial charge in [-0.1, -0.05) is 19.3 Å². The maximum Gasteiger partial charge on any atom is 0.284 e. The molecule has 0 unspecified atom stereocenters. The molecule has 0 aromatic carbocycles. The highest BCUT2D eigenvalue weighted by atomic mass is 19.3. The van der Waals surface area contributed by atoms with Crippen molar-refractivity contribution < 1.29 is 13.6 Å². The zero-order valence-corrected chi connectivity index (χ0v) is 14.1. The van der Waals surface area contributed by atoms with Crippen LogP contribution in [0.5, 0.6) is 0 Å². The van der Waals surface area contributed by atoms with Crippen LogP contribution in [0.2, 0.25) is 0 Å². The maximum atomic E-state index is 13.4. The molecule has 3 aromatic rings. The largest absolute Gasteiger partial charge is 0.319 e. The lowest BCUT2D eigenvalue weighted by Crippen LogP contribution is -2.13. The topological polar surface area (TPSA) is 64.2 Å². The summed E-state index contributed by atoms with van der Waals surface area (Å²) in [4.78, 5) is 16.8. The quantitative estimate of drug-likeness (QED) is 0.758. The number of fused-ring (bicyclic) bond motifs is 1. The van der Waals surface area contributed by atoms with Crippen LogP contribution >= 0.6 is 0 Å². The Balaban J connectivity index is 1.62. The van der Waals surface area contributed by atoms with E-state index in [4.69, 9.17) is 0 Å². The minimum Gasteiger partial charge on any atom is -0.319 e. The summed E-state index contributed by atoms with van der Waals surface area (Å²) in [5, 5.41) is 6.65. The van der Waals surface area contributed by atoms with E-state index in [1.54, 1.807) is 39.8 Å². The Morgan fingerprint density at radius 3 is 2.81 bits per heavy atom. The first-order valence-electron chi connectivity index (χ1n) is 8.73. The van der Waals surface area contributed by atoms with E-state index in [9.17, 15) is 13.6 Å². The van der Waals surface area contributed by atoms with Crippen LogP contribution in [0.15, 0.2) is 36.9 Å². The number of alkyl halides is 2. The summed E-state index contributed by atoms with van der Waals surface area (Å²) in [6.07, 6.45) is 8.98. The monoisotopic (exact) mass is 359 g/mol. The van der Waals surface area contributed by atoms with Crippen molar-refractivity contribution in [1.29, 1.82) is 0 Å². The standard InChI is InChI=1S/C18H19F2N5O/c19-16(20)15-14(11-25(23-15)12-5-2-1-3-6-12)22-18(26)13-7-10-24-9-4-8-21-17(13)24/h4,7-12,16H,1-3,5-6H2,(H,22,26). The second-order valence-corrected chi connectivity index (χ2v) is 6.53. The van der Waals surface area contributed by atoms with E-state index in [1.165, 1.54) is 6.20 Å². The van der Waals surface area contributed by atoms with Crippen LogP contribution in [-0.2, 0) is 0 Å². The van der Waals surface area contributed by atoms with Crippen LogP contribution in [0.25, 0.3) is 5.65 Å². The van der Waals surface area contributed by atoms with E-state index in [1.807, 2.05) is 0 Å². The summed E-state index contributed by atoms with van der Waals surface area (Å²) >= 11 is 0. The molecule has 1 aliphatic carbocycles. The average Bonchev–Trinajstić information content (AvgIpc) is 3.27. The molecule has 1 aliphatic rings. The minimum atomic E-state index is -2.75. The second-order valence-electron chi connectivity index (χ2n) is 6.53. The van der Waals surface area contributed by atoms with Gasteiger partial charge in [0.1, 0.15) is 5.65 Å². The molecular weight excluding hydrogens is 340 g/mol. The van der Waals surface area contributed by atoms with Crippen LogP contribution in [0.4, 0.5) is 14.5 Å². The van der Waals surface area contributed by atoms with Gasteiger partial charge in [-0.2, -0.15) is 5.10 Å². The van der Waals surface area contributed by atoms with Crippen LogP contribution in [0.1, 0.15) is 60.6 Å². The van der Waals surface area contributed by atoms with Gasteiger partial charge in [0, 0.05) is 24.8 Å². The molecule has 3 heterocycles. The maximum absolute atomic E-state index is 13.4. The number of amides is 1. The number of carbonyl (C=O) groups excluding carboxylic acids is 1. The number of aromatic nitrogens is 4. The van der Waals surface area contributed by atoms with Crippen molar-refractivity contribution >= 4 is 17.2 Å². The molecule has 6 nitrogen and oxygen atoms in total. The van der Waals surface area contributed by atoms with Gasteiger partial charge in [-0.15, -0.1) is 0 Å². The van der Waals surface area contributed by atoms with E-state index < -0.39 is 12.3 Å². The van der Waals surface area contributed by atoms with Crippen molar-refractivity contribution in [2.45, 2.75) is 44.6 Å². The van der Waals surface area contributed by atoms with Gasteiger partial charge < -0.3 is 9.72 Å². The molecule has 0 atom stereocenters. The van der Waals surface area contributed by atoms with Crippen molar-refractivity contribution in [3.05, 3.63) is 48.2 Å². The molecule has 0 bridgehead atoms. The Kier molecular flexibility index (Phi) is 4.40. The molecule has 0 radical (unpaired) electrons. The molecule has 1 fully saturated rings. The van der Waals surface area contributed by atoms with Gasteiger partial charge in [0.15, 0.2) is 5.69 Å². The fourth-order valence-electron chi connectivity index (χ4n) is 3.50. The Morgan fingerprint density at radius 1 is 1.23 bits per heavy atom. The highest BCUT2D eigenvalue weighted by Crippen LogP contribution is 2.32. The summed E-state index contributed by atoms with van der Waals surface area (Å²) in [5.41, 5.74) is 0.478. The lowest BCUT2D eigenvalue weighted by Gasteiger charge is -2.21. The number of nitrogens with one attached hydrogen (secondary N) is 1. The molecule has 0 spiro atoms. The van der Waals surface area contributed by atoms with Gasteiger partial charge in [0.25, 0.3) is 12.3 Å². The third kappa shape index (κ3) is 3.07. The molecule has 8 heteroatoms. The van der Waals surface area contributed by atoms with E-state index in [0.29, 0.717) is 11.2 Å². The Morgan fingerprint density at radius 2 is 2.04 bits per heavy atom. The van der Waals surface area contributed by atoms with Crippen molar-refractivity contribution in [3.8, 4) is 0 Å². The normalized spacial score (nSPS) is 15.7. The van der Waals surface area contributed by atoms with Crippen LogP contribution < -0.4 is 5.32 Å². The van der Waals surface area contributed by atoms with E-state index in [0.717, 1.165) is 32.1 Å². The van der Waals surface area contributed by atoms with Gasteiger partial charge in [0.05, 0.1) is 17.3 Å². The first-order valence-corrected chi connectivity index (χ1v) is 8.73. The Labute approximate surface area is 148 Å². The van der Waals surface area contributed by atoms with Crippen molar-refractivity contribution in [3.63, 3.8) is 0 Å². The third-order valence-electron chi connectivity index (χ3n) is 4.83. The molecule has 0 saturated heterocycles. The van der Waals surface area contributed by atoms with E-state index in [-0.39, 0.29) is 17.4 Å². The second kappa shape index (κ2) is 6.86. The number of hydrogen-bond acceptors (Lipinski definition) is 3. The molecular formula is C18H19F2N5O. The smallest absolute Gasteiger partial charge is 0.284 e. The first kappa shape index (κ1) is 16.7. The van der Waals surface area contributed by atoms with E-state index in [2.05, 4.69) is 15.4 Å². The molecule has 1 N–H and O–H groups in total. The molecule has 26 heavy (non-hydrogen) atoms. The Hall–Kier alpha value is -2.77. The summed E-state index contributed by atoms with van der Waals surface area (Å²) in [7, 11) is 0. The number of halogens is 2. The lowest BCUT2D eigenvalue weighted by molar-refractivity contribution is 0.102. The van der Waals surface area contributed by atoms with Gasteiger partial charge in [-0.3, -0.25) is 9.48 Å². The van der Waals surface area contributed by atoms with Crippen LogP contribution in [0.3, 0.4) is 0 Å². The number of nitrogens with zero attached hydrogens (tertiary/aromatic N) is 4. The first-order chi connectivity index (χ1) is 12.6. The molecule has 1 amide bonds. The number of rotatable bonds is 4. The predicted octanol–water partition coefficient (Wildman–Crippen LogP) is 4.23. The Bertz CT molecular complexity index is 927. The zero-order chi connectivity index (χ0) is 18.1. The van der Waals surface area contributed by atoms with Gasteiger partial charge in [-0.25, -0.2) is 13.8 Å². The highest BCUT2D eigenvalue weighted by molar-refractivity contribution is 6.08. The van der Waals surface area contributed by atoms with Crippen LogP contribution in [-0.4, -0.2) is 25.1 Å².